The molecule has 0 radical (unpaired) electrons. The highest BCUT2D eigenvalue weighted by molar-refractivity contribution is 7.21. The van der Waals surface area contributed by atoms with Crippen molar-refractivity contribution in [1.82, 2.24) is 14.1 Å². The summed E-state index contributed by atoms with van der Waals surface area (Å²) in [5.74, 6) is 0.355. The fourth-order valence-electron chi connectivity index (χ4n) is 9.47. The summed E-state index contributed by atoms with van der Waals surface area (Å²) in [6.07, 6.45) is 5.72. The first-order valence-corrected chi connectivity index (χ1v) is 20.9. The van der Waals surface area contributed by atoms with Crippen LogP contribution in [-0.4, -0.2) is 14.1 Å². The fraction of sp³-hybridized carbons (Fsp3) is 0.0556. The Kier molecular flexibility index (Phi) is 7.44. The van der Waals surface area contributed by atoms with Crippen LogP contribution in [0.15, 0.2) is 182 Å². The summed E-state index contributed by atoms with van der Waals surface area (Å²) in [5, 5.41) is 7.29. The Morgan fingerprint density at radius 1 is 0.534 bits per heavy atom. The molecule has 1 aliphatic carbocycles. The van der Waals surface area contributed by atoms with Crippen molar-refractivity contribution < 1.29 is 0 Å². The molecule has 3 nitrogen and oxygen atoms in total. The van der Waals surface area contributed by atoms with Crippen molar-refractivity contribution in [3.63, 3.8) is 0 Å². The van der Waals surface area contributed by atoms with Gasteiger partial charge >= 0.3 is 0 Å². The largest absolute Gasteiger partial charge is 0.312 e. The monoisotopic (exact) mass is 759 g/mol. The van der Waals surface area contributed by atoms with E-state index in [0.29, 0.717) is 5.92 Å². The zero-order valence-electron chi connectivity index (χ0n) is 31.9. The molecular formula is C54H37N3S. The Hall–Kier alpha value is -7.01. The van der Waals surface area contributed by atoms with Crippen LogP contribution in [0.4, 0.5) is 0 Å². The van der Waals surface area contributed by atoms with E-state index >= 15 is 0 Å². The van der Waals surface area contributed by atoms with Crippen LogP contribution in [0.1, 0.15) is 30.5 Å². The van der Waals surface area contributed by atoms with Gasteiger partial charge in [0.2, 0.25) is 0 Å². The first-order chi connectivity index (χ1) is 28.7. The smallest absolute Gasteiger partial charge is 0.127 e. The van der Waals surface area contributed by atoms with Gasteiger partial charge in [-0.05, 0) is 100 Å². The van der Waals surface area contributed by atoms with Gasteiger partial charge in [-0.2, -0.15) is 0 Å². The molecule has 0 saturated heterocycles. The van der Waals surface area contributed by atoms with Crippen LogP contribution in [0, 0.1) is 0 Å². The molecule has 11 aromatic rings. The predicted molar refractivity (Wildman–Crippen MR) is 247 cm³/mol. The van der Waals surface area contributed by atoms with E-state index in [4.69, 9.17) is 4.98 Å². The van der Waals surface area contributed by atoms with Gasteiger partial charge < -0.3 is 9.13 Å². The number of rotatable bonds is 5. The number of hydrogen-bond acceptors (Lipinski definition) is 2. The predicted octanol–water partition coefficient (Wildman–Crippen LogP) is 15.0. The van der Waals surface area contributed by atoms with Gasteiger partial charge in [-0.25, -0.2) is 4.98 Å². The maximum atomic E-state index is 5.24. The van der Waals surface area contributed by atoms with Gasteiger partial charge in [0, 0.05) is 44.6 Å². The molecule has 0 spiro atoms. The van der Waals surface area contributed by atoms with Crippen molar-refractivity contribution in [2.45, 2.75) is 19.3 Å². The summed E-state index contributed by atoms with van der Waals surface area (Å²) in [6, 6.07) is 64.3. The van der Waals surface area contributed by atoms with Crippen molar-refractivity contribution >= 4 is 71.1 Å². The van der Waals surface area contributed by atoms with E-state index in [-0.39, 0.29) is 0 Å². The van der Waals surface area contributed by atoms with Gasteiger partial charge in [-0.15, -0.1) is 11.3 Å². The van der Waals surface area contributed by atoms with Gasteiger partial charge in [-0.3, -0.25) is 0 Å². The first-order valence-electron chi connectivity index (χ1n) is 20.1. The molecule has 8 aromatic carbocycles. The normalized spacial score (nSPS) is 14.0. The van der Waals surface area contributed by atoms with E-state index in [9.17, 15) is 0 Å². The number of aromatic nitrogens is 3. The average molecular weight is 760 g/mol. The lowest BCUT2D eigenvalue weighted by Crippen LogP contribution is -2.08. The molecule has 0 N–H and O–H groups in total. The molecule has 58 heavy (non-hydrogen) atoms. The van der Waals surface area contributed by atoms with E-state index in [0.717, 1.165) is 22.6 Å². The number of para-hydroxylation sites is 2. The van der Waals surface area contributed by atoms with Crippen molar-refractivity contribution in [1.29, 1.82) is 0 Å². The van der Waals surface area contributed by atoms with Gasteiger partial charge in [0.05, 0.1) is 32.5 Å². The third kappa shape index (κ3) is 5.08. The molecule has 274 valence electrons. The van der Waals surface area contributed by atoms with E-state index in [1.165, 1.54) is 92.9 Å². The fourth-order valence-corrected chi connectivity index (χ4v) is 10.5. The van der Waals surface area contributed by atoms with Crippen LogP contribution in [0.3, 0.4) is 0 Å². The van der Waals surface area contributed by atoms with Gasteiger partial charge in [0.25, 0.3) is 0 Å². The SMILES string of the molecule is CC1CC=Cc2c1n(-c1ccc3ccccc3c1-c1nc3ccccc3s1)c1ccc(-c3ccc4c(c3)c3ccccc3n4-c3cccc(-c4ccccc4)c3)cc21. The average Bonchev–Trinajstić information content (AvgIpc) is 3.97. The summed E-state index contributed by atoms with van der Waals surface area (Å²) in [5.41, 5.74) is 15.8. The summed E-state index contributed by atoms with van der Waals surface area (Å²) in [6.45, 7) is 2.37. The van der Waals surface area contributed by atoms with Crippen molar-refractivity contribution in [2.24, 2.45) is 0 Å². The lowest BCUT2D eigenvalue weighted by atomic mass is 9.92. The summed E-state index contributed by atoms with van der Waals surface area (Å²) >= 11 is 1.78. The van der Waals surface area contributed by atoms with Gasteiger partial charge in [0.15, 0.2) is 0 Å². The molecule has 12 rings (SSSR count). The Balaban J connectivity index is 1.05. The summed E-state index contributed by atoms with van der Waals surface area (Å²) in [7, 11) is 0. The number of benzene rings is 8. The second kappa shape index (κ2) is 13.0. The Bertz CT molecular complexity index is 3420. The Labute approximate surface area is 340 Å². The minimum atomic E-state index is 0.355. The first kappa shape index (κ1) is 33.2. The van der Waals surface area contributed by atoms with Gasteiger partial charge in [0.1, 0.15) is 5.01 Å². The zero-order valence-corrected chi connectivity index (χ0v) is 32.7. The number of hydrogen-bond donors (Lipinski definition) is 0. The van der Waals surface area contributed by atoms with Crippen molar-refractivity contribution in [3.8, 4) is 44.2 Å². The minimum absolute atomic E-state index is 0.355. The maximum absolute atomic E-state index is 5.24. The molecule has 0 saturated carbocycles. The topological polar surface area (TPSA) is 22.8 Å². The molecule has 3 heterocycles. The number of allylic oxidation sites excluding steroid dienone is 1. The van der Waals surface area contributed by atoms with E-state index in [2.05, 4.69) is 204 Å². The molecule has 0 bridgehead atoms. The lowest BCUT2D eigenvalue weighted by molar-refractivity contribution is 0.724. The maximum Gasteiger partial charge on any atom is 0.127 e. The highest BCUT2D eigenvalue weighted by Crippen LogP contribution is 2.46. The third-order valence-corrected chi connectivity index (χ3v) is 13.2. The number of thiazole rings is 1. The van der Waals surface area contributed by atoms with Crippen LogP contribution in [0.2, 0.25) is 0 Å². The van der Waals surface area contributed by atoms with E-state index < -0.39 is 0 Å². The number of fused-ring (bicyclic) bond motifs is 8. The summed E-state index contributed by atoms with van der Waals surface area (Å²) < 4.78 is 6.17. The molecule has 1 aliphatic rings. The highest BCUT2D eigenvalue weighted by atomic mass is 32.1. The molecular weight excluding hydrogens is 723 g/mol. The van der Waals surface area contributed by atoms with Gasteiger partial charge in [-0.1, -0.05) is 134 Å². The third-order valence-electron chi connectivity index (χ3n) is 12.2. The van der Waals surface area contributed by atoms with Crippen LogP contribution in [0.5, 0.6) is 0 Å². The highest BCUT2D eigenvalue weighted by Gasteiger charge is 2.27. The molecule has 0 amide bonds. The zero-order chi connectivity index (χ0) is 38.3. The second-order valence-electron chi connectivity index (χ2n) is 15.6. The second-order valence-corrected chi connectivity index (χ2v) is 16.6. The number of nitrogens with zero attached hydrogens (tertiary/aromatic N) is 3. The van der Waals surface area contributed by atoms with Crippen LogP contribution in [0.25, 0.3) is 104 Å². The quantitative estimate of drug-likeness (QED) is 0.171. The Morgan fingerprint density at radius 2 is 1.22 bits per heavy atom. The summed E-state index contributed by atoms with van der Waals surface area (Å²) in [4.78, 5) is 5.24. The van der Waals surface area contributed by atoms with E-state index in [1.807, 2.05) is 0 Å². The molecule has 4 heteroatoms. The lowest BCUT2D eigenvalue weighted by Gasteiger charge is -2.21. The molecule has 1 unspecified atom stereocenters. The van der Waals surface area contributed by atoms with Crippen LogP contribution < -0.4 is 0 Å². The Morgan fingerprint density at radius 3 is 2.09 bits per heavy atom. The standard InChI is InChI=1S/C54H37N3S/c1-34-13-11-21-43-45-33-39(38-26-28-48-44(32-38)42-20-7-9-23-47(42)56(48)40-18-12-17-37(31-40)35-14-3-2-4-15-35)27-29-49(45)57(53(34)43)50-30-25-36-16-5-6-19-41(36)52(50)54-55-46-22-8-10-24-51(46)58-54/h2-12,14-34H,13H2,1H3. The molecule has 1 atom stereocenters. The van der Waals surface area contributed by atoms with E-state index in [1.54, 1.807) is 11.3 Å². The molecule has 3 aromatic heterocycles. The minimum Gasteiger partial charge on any atom is -0.312 e. The van der Waals surface area contributed by atoms with Crippen molar-refractivity contribution in [2.75, 3.05) is 0 Å². The molecule has 0 aliphatic heterocycles. The van der Waals surface area contributed by atoms with Crippen molar-refractivity contribution in [3.05, 3.63) is 193 Å². The van der Waals surface area contributed by atoms with Crippen LogP contribution >= 0.6 is 11.3 Å². The molecule has 0 fully saturated rings. The van der Waals surface area contributed by atoms with Crippen LogP contribution in [-0.2, 0) is 0 Å².